The summed E-state index contributed by atoms with van der Waals surface area (Å²) in [5, 5.41) is 6.44. The lowest BCUT2D eigenvalue weighted by atomic mass is 9.82. The number of para-hydroxylation sites is 1. The Bertz CT molecular complexity index is 1320. The van der Waals surface area contributed by atoms with Gasteiger partial charge in [0.2, 0.25) is 0 Å². The molecule has 3 aromatic carbocycles. The van der Waals surface area contributed by atoms with Crippen LogP contribution in [0.15, 0.2) is 90.0 Å². The van der Waals surface area contributed by atoms with Gasteiger partial charge in [-0.25, -0.2) is 0 Å². The van der Waals surface area contributed by atoms with Crippen LogP contribution in [-0.2, 0) is 25.9 Å². The summed E-state index contributed by atoms with van der Waals surface area (Å²) in [7, 11) is -1.85. The first kappa shape index (κ1) is 28.4. The van der Waals surface area contributed by atoms with E-state index in [2.05, 4.69) is 29.0 Å². The van der Waals surface area contributed by atoms with Crippen molar-refractivity contribution in [2.24, 2.45) is 11.0 Å². The second kappa shape index (κ2) is 12.2. The third-order valence-corrected chi connectivity index (χ3v) is 15.3. The number of methoxy groups -OCH3 is 1. The second-order valence-electron chi connectivity index (χ2n) is 9.75. The maximum atomic E-state index is 14.5. The number of anilines is 1. The first-order valence-electron chi connectivity index (χ1n) is 13.6. The number of hydrogen-bond acceptors (Lipinski definition) is 7. The van der Waals surface area contributed by atoms with Gasteiger partial charge in [0.15, 0.2) is 0 Å². The quantitative estimate of drug-likeness (QED) is 0.180. The molecule has 5 rings (SSSR count). The monoisotopic (exact) mass is 582 g/mol. The summed E-state index contributed by atoms with van der Waals surface area (Å²) in [6, 6.07) is 28.4. The van der Waals surface area contributed by atoms with Crippen molar-refractivity contribution in [1.82, 2.24) is 0 Å². The van der Waals surface area contributed by atoms with Crippen LogP contribution in [0.5, 0.6) is 5.75 Å². The molecule has 3 aromatic rings. The van der Waals surface area contributed by atoms with Gasteiger partial charge >= 0.3 is 7.60 Å². The summed E-state index contributed by atoms with van der Waals surface area (Å²) in [4.78, 5) is 0. The number of benzene rings is 3. The predicted octanol–water partition coefficient (Wildman–Crippen LogP) is 7.77. The number of nitrogens with zero attached hydrogens (tertiary/aromatic N) is 2. The van der Waals surface area contributed by atoms with Gasteiger partial charge in [0.1, 0.15) is 11.4 Å². The van der Waals surface area contributed by atoms with E-state index in [-0.39, 0.29) is 11.6 Å². The fourth-order valence-corrected chi connectivity index (χ4v) is 13.0. The highest BCUT2D eigenvalue weighted by molar-refractivity contribution is 8.46. The van der Waals surface area contributed by atoms with Gasteiger partial charge in [-0.05, 0) is 75.1 Å². The highest BCUT2D eigenvalue weighted by atomic mass is 32.7. The van der Waals surface area contributed by atoms with E-state index < -0.39 is 19.9 Å². The fraction of sp³-hybridized carbons (Fsp3) is 0.367. The summed E-state index contributed by atoms with van der Waals surface area (Å²) >= 11 is 6.72. The van der Waals surface area contributed by atoms with Crippen LogP contribution in [0, 0.1) is 5.92 Å². The van der Waals surface area contributed by atoms with Crippen LogP contribution in [0.1, 0.15) is 44.3 Å². The van der Waals surface area contributed by atoms with Crippen LogP contribution >= 0.6 is 14.2 Å². The van der Waals surface area contributed by atoms with Gasteiger partial charge in [0, 0.05) is 5.92 Å². The van der Waals surface area contributed by atoms with E-state index in [4.69, 9.17) is 31.1 Å². The molecule has 0 spiro atoms. The second-order valence-corrected chi connectivity index (χ2v) is 16.3. The molecule has 1 aliphatic heterocycles. The highest BCUT2D eigenvalue weighted by Gasteiger charge is 2.57. The summed E-state index contributed by atoms with van der Waals surface area (Å²) in [5.74, 6) is 0.677. The maximum absolute atomic E-state index is 14.5. The van der Waals surface area contributed by atoms with Crippen molar-refractivity contribution in [3.05, 3.63) is 90.5 Å². The third kappa shape index (κ3) is 5.33. The number of ether oxygens (including phenoxy) is 1. The first-order chi connectivity index (χ1) is 19.0. The Labute approximate surface area is 237 Å². The van der Waals surface area contributed by atoms with E-state index in [0.717, 1.165) is 47.3 Å². The molecule has 0 N–H and O–H groups in total. The Morgan fingerprint density at radius 3 is 2.15 bits per heavy atom. The van der Waals surface area contributed by atoms with Crippen molar-refractivity contribution in [2.75, 3.05) is 25.1 Å². The van der Waals surface area contributed by atoms with Gasteiger partial charge in [-0.2, -0.15) is 4.78 Å². The van der Waals surface area contributed by atoms with E-state index >= 15 is 0 Å². The minimum absolute atomic E-state index is 0.0581. The molecule has 4 atom stereocenters. The molecule has 0 radical (unpaired) electrons. The smallest absolute Gasteiger partial charge is 0.338 e. The Kier molecular flexibility index (Phi) is 8.85. The van der Waals surface area contributed by atoms with Gasteiger partial charge in [-0.15, -0.1) is 5.10 Å². The molecule has 0 amide bonds. The molecule has 1 saturated carbocycles. The SMILES string of the molecule is CCOP(=O)(OCC)C(c1ccccc1)C1CCCC2C1=NN(c1ccccc1)[P+]2([S-])c1ccc(OC)cc1. The Balaban J connectivity index is 1.66. The van der Waals surface area contributed by atoms with Crippen molar-refractivity contribution in [3.63, 3.8) is 0 Å². The molecule has 9 heteroatoms. The predicted molar refractivity (Wildman–Crippen MR) is 164 cm³/mol. The first-order valence-corrected chi connectivity index (χ1v) is 18.0. The van der Waals surface area contributed by atoms with Crippen molar-refractivity contribution in [2.45, 2.75) is 44.4 Å². The number of hydrazone groups is 1. The zero-order chi connectivity index (χ0) is 27.5. The minimum atomic E-state index is -3.52. The molecule has 1 fully saturated rings. The van der Waals surface area contributed by atoms with E-state index in [1.807, 2.05) is 74.5 Å². The van der Waals surface area contributed by atoms with Gasteiger partial charge in [-0.3, -0.25) is 4.57 Å². The molecule has 0 saturated heterocycles. The van der Waals surface area contributed by atoms with Crippen molar-refractivity contribution in [1.29, 1.82) is 0 Å². The lowest BCUT2D eigenvalue weighted by Crippen LogP contribution is -2.38. The summed E-state index contributed by atoms with van der Waals surface area (Å²) in [5.41, 5.74) is 2.55. The Morgan fingerprint density at radius 1 is 0.949 bits per heavy atom. The summed E-state index contributed by atoms with van der Waals surface area (Å²) < 4.78 is 34.1. The minimum Gasteiger partial charge on any atom is -0.524 e. The lowest BCUT2D eigenvalue weighted by Gasteiger charge is -2.42. The molecule has 1 aliphatic carbocycles. The molecule has 2 aliphatic rings. The van der Waals surface area contributed by atoms with Gasteiger partial charge in [0.05, 0.1) is 49.3 Å². The third-order valence-electron chi connectivity index (χ3n) is 7.54. The number of fused-ring (bicyclic) bond motifs is 1. The zero-order valence-corrected chi connectivity index (χ0v) is 25.3. The summed E-state index contributed by atoms with van der Waals surface area (Å²) in [6.07, 6.45) is 2.75. The van der Waals surface area contributed by atoms with Crippen molar-refractivity contribution >= 4 is 43.2 Å². The highest BCUT2D eigenvalue weighted by Crippen LogP contribution is 2.73. The van der Waals surface area contributed by atoms with E-state index in [1.54, 1.807) is 7.11 Å². The van der Waals surface area contributed by atoms with E-state index in [1.165, 1.54) is 0 Å². The number of rotatable bonds is 10. The van der Waals surface area contributed by atoms with Gasteiger partial charge < -0.3 is 26.0 Å². The lowest BCUT2D eigenvalue weighted by molar-refractivity contribution is 0.206. The molecule has 4 unspecified atom stereocenters. The average molecular weight is 583 g/mol. The average Bonchev–Trinajstić information content (AvgIpc) is 3.28. The molecule has 6 nitrogen and oxygen atoms in total. The molecule has 0 bridgehead atoms. The molecule has 0 aromatic heterocycles. The standard InChI is InChI=1S/C30H36N2O4P2S/c1-4-35-38(33,36-5-2)30(23-13-8-6-9-14-23)27-17-12-18-28-29(27)31-32(24-15-10-7-11-16-24)37(28,39)26-21-19-25(34-3)20-22-26/h6-11,13-16,19-22,27-28,30H,4-5,12,17-18H2,1-3H3. The van der Waals surface area contributed by atoms with Crippen molar-refractivity contribution < 1.29 is 18.3 Å². The van der Waals surface area contributed by atoms with Crippen LogP contribution in [-0.4, -0.2) is 31.7 Å². The molecule has 206 valence electrons. The largest absolute Gasteiger partial charge is 0.524 e. The van der Waals surface area contributed by atoms with Crippen LogP contribution in [0.3, 0.4) is 0 Å². The molecule has 1 heterocycles. The fourth-order valence-electron chi connectivity index (χ4n) is 5.92. The maximum Gasteiger partial charge on any atom is 0.338 e. The Hall–Kier alpha value is -2.14. The number of hydrogen-bond donors (Lipinski definition) is 0. The summed E-state index contributed by atoms with van der Waals surface area (Å²) in [6.45, 7) is 1.92. The van der Waals surface area contributed by atoms with E-state index in [9.17, 15) is 4.57 Å². The zero-order valence-electron chi connectivity index (χ0n) is 22.7. The van der Waals surface area contributed by atoms with Crippen LogP contribution in [0.4, 0.5) is 5.69 Å². The van der Waals surface area contributed by atoms with Gasteiger partial charge in [0.25, 0.3) is 0 Å². The molecular formula is C30H36N2O4P2S. The van der Waals surface area contributed by atoms with Crippen molar-refractivity contribution in [3.8, 4) is 5.75 Å². The Morgan fingerprint density at radius 2 is 1.56 bits per heavy atom. The molecule has 39 heavy (non-hydrogen) atoms. The molecular weight excluding hydrogens is 546 g/mol. The van der Waals surface area contributed by atoms with Crippen LogP contribution < -0.4 is 14.8 Å². The van der Waals surface area contributed by atoms with Gasteiger partial charge in [-0.1, -0.05) is 48.5 Å². The van der Waals surface area contributed by atoms with Crippen LogP contribution in [0.2, 0.25) is 0 Å². The topological polar surface area (TPSA) is 60.4 Å². The van der Waals surface area contributed by atoms with Crippen LogP contribution in [0.25, 0.3) is 0 Å². The normalized spacial score (nSPS) is 23.7. The van der Waals surface area contributed by atoms with E-state index in [0.29, 0.717) is 13.2 Å².